The first-order valence-electron chi connectivity index (χ1n) is 12.9. The Labute approximate surface area is 207 Å². The van der Waals surface area contributed by atoms with Gasteiger partial charge in [-0.05, 0) is 87.2 Å². The third-order valence-electron chi connectivity index (χ3n) is 7.30. The molecule has 0 saturated carbocycles. The van der Waals surface area contributed by atoms with Crippen molar-refractivity contribution in [2.24, 2.45) is 22.7 Å². The van der Waals surface area contributed by atoms with E-state index in [1.165, 1.54) is 24.0 Å². The van der Waals surface area contributed by atoms with Crippen LogP contribution in [0.15, 0.2) is 24.3 Å². The van der Waals surface area contributed by atoms with Gasteiger partial charge in [-0.15, -0.1) is 0 Å². The molecular weight excluding hydrogens is 424 g/mol. The quantitative estimate of drug-likeness (QED) is 0.354. The fraction of sp³-hybridized carbons (Fsp3) is 0.767. The van der Waals surface area contributed by atoms with Gasteiger partial charge in [0, 0.05) is 24.7 Å². The Morgan fingerprint density at radius 2 is 1.21 bits per heavy atom. The van der Waals surface area contributed by atoms with Crippen LogP contribution in [-0.4, -0.2) is 34.8 Å². The van der Waals surface area contributed by atoms with Gasteiger partial charge in [0.1, 0.15) is 0 Å². The summed E-state index contributed by atoms with van der Waals surface area (Å²) in [6.45, 7) is 24.6. The molecule has 2 aliphatic rings. The minimum atomic E-state index is -1.68. The standard InChI is InChI=1S/C11H16.C10H20OS.C9H18O/c1-9-7-5-6-8-10(9)11(2,3)4;1-10(2,3)9-5-7-12(4,11)8-6-9;1-9(2,3)8-4-6-10-7-5-8/h5-8H,1-4H3;9H,4-8H2,1-3H3;8H,4-7H2,1-3H3. The van der Waals surface area contributed by atoms with Crippen molar-refractivity contribution in [2.45, 2.75) is 100 Å². The van der Waals surface area contributed by atoms with Crippen LogP contribution in [0.5, 0.6) is 0 Å². The first-order chi connectivity index (χ1) is 14.9. The average molecular weight is 479 g/mol. The van der Waals surface area contributed by atoms with E-state index >= 15 is 0 Å². The third kappa shape index (κ3) is 11.5. The topological polar surface area (TPSA) is 26.3 Å². The molecule has 0 atom stereocenters. The highest BCUT2D eigenvalue weighted by atomic mass is 32.2. The van der Waals surface area contributed by atoms with Gasteiger partial charge in [0.2, 0.25) is 0 Å². The molecular formula is C30H54O2S. The summed E-state index contributed by atoms with van der Waals surface area (Å²) in [4.78, 5) is 0. The monoisotopic (exact) mass is 478 g/mol. The second kappa shape index (κ2) is 12.2. The second-order valence-electron chi connectivity index (χ2n) is 13.3. The number of rotatable bonds is 0. The molecule has 1 aromatic rings. The first-order valence-corrected chi connectivity index (χ1v) is 15.0. The van der Waals surface area contributed by atoms with Crippen LogP contribution in [0.1, 0.15) is 99.1 Å². The van der Waals surface area contributed by atoms with E-state index < -0.39 is 9.52 Å². The molecule has 2 nitrogen and oxygen atoms in total. The summed E-state index contributed by atoms with van der Waals surface area (Å²) in [6.07, 6.45) is 4.71. The van der Waals surface area contributed by atoms with Gasteiger partial charge in [0.05, 0.1) is 0 Å². The third-order valence-corrected chi connectivity index (χ3v) is 9.26. The fourth-order valence-corrected chi connectivity index (χ4v) is 6.44. The molecule has 2 fully saturated rings. The summed E-state index contributed by atoms with van der Waals surface area (Å²) >= 11 is 0. The van der Waals surface area contributed by atoms with Crippen molar-refractivity contribution in [3.8, 4) is 0 Å². The molecule has 0 aliphatic carbocycles. The average Bonchev–Trinajstić information content (AvgIpc) is 2.67. The molecule has 1 aromatic carbocycles. The molecule has 0 N–H and O–H groups in total. The van der Waals surface area contributed by atoms with E-state index in [9.17, 15) is 4.21 Å². The van der Waals surface area contributed by atoms with Crippen molar-refractivity contribution < 1.29 is 8.95 Å². The normalized spacial score (nSPS) is 24.7. The van der Waals surface area contributed by atoms with Crippen molar-refractivity contribution >= 4 is 15.4 Å². The molecule has 3 rings (SSSR count). The van der Waals surface area contributed by atoms with Crippen LogP contribution in [0.3, 0.4) is 0 Å². The van der Waals surface area contributed by atoms with Gasteiger partial charge < -0.3 is 4.74 Å². The lowest BCUT2D eigenvalue weighted by Gasteiger charge is -2.34. The van der Waals surface area contributed by atoms with Crippen molar-refractivity contribution in [2.75, 3.05) is 24.7 Å². The van der Waals surface area contributed by atoms with E-state index in [1.807, 2.05) is 0 Å². The number of benzene rings is 1. The molecule has 33 heavy (non-hydrogen) atoms. The zero-order valence-electron chi connectivity index (χ0n) is 23.6. The number of hydrogen-bond donors (Lipinski definition) is 0. The Morgan fingerprint density at radius 1 is 0.788 bits per heavy atom. The summed E-state index contributed by atoms with van der Waals surface area (Å²) in [5, 5.41) is 0. The van der Waals surface area contributed by atoms with Gasteiger partial charge in [-0.2, -0.15) is 0 Å². The number of aryl methyl sites for hydroxylation is 1. The van der Waals surface area contributed by atoms with Crippen molar-refractivity contribution in [3.05, 3.63) is 35.4 Å². The van der Waals surface area contributed by atoms with Crippen LogP contribution >= 0.6 is 0 Å². The van der Waals surface area contributed by atoms with Gasteiger partial charge in [-0.1, -0.05) is 86.6 Å². The molecule has 0 bridgehead atoms. The predicted octanol–water partition coefficient (Wildman–Crippen LogP) is 7.91. The van der Waals surface area contributed by atoms with Gasteiger partial charge in [-0.25, -0.2) is 0 Å². The molecule has 3 heteroatoms. The van der Waals surface area contributed by atoms with Crippen molar-refractivity contribution in [1.82, 2.24) is 0 Å². The molecule has 0 spiro atoms. The van der Waals surface area contributed by atoms with E-state index in [0.717, 1.165) is 49.4 Å². The lowest BCUT2D eigenvalue weighted by molar-refractivity contribution is 0.0286. The highest BCUT2D eigenvalue weighted by Gasteiger charge is 2.29. The largest absolute Gasteiger partial charge is 0.381 e. The fourth-order valence-electron chi connectivity index (χ4n) is 4.80. The predicted molar refractivity (Wildman–Crippen MR) is 150 cm³/mol. The summed E-state index contributed by atoms with van der Waals surface area (Å²) in [5.41, 5.74) is 3.99. The van der Waals surface area contributed by atoms with Crippen LogP contribution in [-0.2, 0) is 19.7 Å². The highest BCUT2D eigenvalue weighted by Crippen LogP contribution is 2.35. The van der Waals surface area contributed by atoms with Crippen LogP contribution in [0.25, 0.3) is 0 Å². The zero-order valence-corrected chi connectivity index (χ0v) is 24.4. The Balaban J connectivity index is 0.000000249. The van der Waals surface area contributed by atoms with Crippen LogP contribution in [0, 0.1) is 29.6 Å². The van der Waals surface area contributed by atoms with E-state index in [0.29, 0.717) is 10.8 Å². The lowest BCUT2D eigenvalue weighted by atomic mass is 9.76. The Kier molecular flexibility index (Phi) is 11.2. The molecule has 0 aromatic heterocycles. The SMILES string of the molecule is C=S1(=O)CCC(C(C)(C)C)CC1.CC(C)(C)C1CCOCC1.Cc1ccccc1C(C)(C)C. The molecule has 2 heterocycles. The van der Waals surface area contributed by atoms with E-state index in [-0.39, 0.29) is 5.41 Å². The molecule has 192 valence electrons. The van der Waals surface area contributed by atoms with Crippen molar-refractivity contribution in [1.29, 1.82) is 0 Å². The van der Waals surface area contributed by atoms with Gasteiger partial charge in [0.15, 0.2) is 0 Å². The summed E-state index contributed by atoms with van der Waals surface area (Å²) in [6, 6.07) is 8.56. The highest BCUT2D eigenvalue weighted by molar-refractivity contribution is 8.00. The molecule has 2 saturated heterocycles. The Hall–Kier alpha value is -0.800. The Morgan fingerprint density at radius 3 is 1.55 bits per heavy atom. The van der Waals surface area contributed by atoms with Gasteiger partial charge >= 0.3 is 0 Å². The minimum Gasteiger partial charge on any atom is -0.381 e. The zero-order chi connectivity index (χ0) is 25.5. The second-order valence-corrected chi connectivity index (χ2v) is 16.1. The van der Waals surface area contributed by atoms with Crippen LogP contribution < -0.4 is 0 Å². The summed E-state index contributed by atoms with van der Waals surface area (Å²) in [7, 11) is -1.68. The van der Waals surface area contributed by atoms with Crippen LogP contribution in [0.4, 0.5) is 0 Å². The molecule has 0 unspecified atom stereocenters. The van der Waals surface area contributed by atoms with Gasteiger partial charge in [-0.3, -0.25) is 4.21 Å². The van der Waals surface area contributed by atoms with Gasteiger partial charge in [0.25, 0.3) is 0 Å². The smallest absolute Gasteiger partial charge is 0.0468 e. The lowest BCUT2D eigenvalue weighted by Crippen LogP contribution is -2.31. The van der Waals surface area contributed by atoms with Crippen molar-refractivity contribution in [3.63, 3.8) is 0 Å². The first kappa shape index (κ1) is 30.2. The number of ether oxygens (including phenoxy) is 1. The Bertz CT molecular complexity index is 781. The minimum absolute atomic E-state index is 0.283. The number of hydrogen-bond acceptors (Lipinski definition) is 2. The molecule has 2 aliphatic heterocycles. The molecule has 0 radical (unpaired) electrons. The van der Waals surface area contributed by atoms with E-state index in [2.05, 4.69) is 99.4 Å². The maximum absolute atomic E-state index is 11.6. The summed E-state index contributed by atoms with van der Waals surface area (Å²) in [5.74, 6) is 7.08. The van der Waals surface area contributed by atoms with Crippen LogP contribution in [0.2, 0.25) is 0 Å². The van der Waals surface area contributed by atoms with E-state index in [1.54, 1.807) is 0 Å². The summed E-state index contributed by atoms with van der Waals surface area (Å²) < 4.78 is 16.9. The maximum Gasteiger partial charge on any atom is 0.0468 e. The maximum atomic E-state index is 11.6. The van der Waals surface area contributed by atoms with E-state index in [4.69, 9.17) is 4.74 Å². The molecule has 0 amide bonds.